The molecule has 0 aliphatic carbocycles. The van der Waals surface area contributed by atoms with Crippen LogP contribution < -0.4 is 5.32 Å². The summed E-state index contributed by atoms with van der Waals surface area (Å²) in [6, 6.07) is -0.282. The molecular formula is C12H19NO5. The average Bonchev–Trinajstić information content (AvgIpc) is 2.32. The van der Waals surface area contributed by atoms with Gasteiger partial charge in [0.05, 0.1) is 13.2 Å². The molecule has 0 radical (unpaired) electrons. The van der Waals surface area contributed by atoms with Crippen molar-refractivity contribution in [2.24, 2.45) is 5.92 Å². The molecule has 0 unspecified atom stereocenters. The van der Waals surface area contributed by atoms with Gasteiger partial charge in [0, 0.05) is 18.1 Å². The Morgan fingerprint density at radius 3 is 2.17 bits per heavy atom. The molecule has 102 valence electrons. The molecule has 0 spiro atoms. The van der Waals surface area contributed by atoms with Crippen LogP contribution >= 0.6 is 0 Å². The van der Waals surface area contributed by atoms with E-state index in [0.717, 1.165) is 12.2 Å². The van der Waals surface area contributed by atoms with Gasteiger partial charge in [-0.3, -0.25) is 4.79 Å². The molecule has 0 aliphatic heterocycles. The Bertz CT molecular complexity index is 335. The van der Waals surface area contributed by atoms with Gasteiger partial charge in [0.15, 0.2) is 0 Å². The molecule has 0 aromatic carbocycles. The smallest absolute Gasteiger partial charge is 0.331 e. The maximum Gasteiger partial charge on any atom is 0.331 e. The van der Waals surface area contributed by atoms with Crippen molar-refractivity contribution in [2.75, 3.05) is 13.7 Å². The lowest BCUT2D eigenvalue weighted by molar-refractivity contribution is -0.140. The van der Waals surface area contributed by atoms with E-state index in [2.05, 4.69) is 10.1 Å². The molecular weight excluding hydrogens is 238 g/mol. The van der Waals surface area contributed by atoms with Crippen LogP contribution in [0.1, 0.15) is 20.8 Å². The Hall–Kier alpha value is -1.85. The monoisotopic (exact) mass is 257 g/mol. The van der Waals surface area contributed by atoms with E-state index in [4.69, 9.17) is 4.74 Å². The highest BCUT2D eigenvalue weighted by molar-refractivity contribution is 5.91. The van der Waals surface area contributed by atoms with Crippen molar-refractivity contribution in [3.05, 3.63) is 12.2 Å². The van der Waals surface area contributed by atoms with E-state index in [1.807, 2.05) is 0 Å². The van der Waals surface area contributed by atoms with E-state index in [9.17, 15) is 14.4 Å². The summed E-state index contributed by atoms with van der Waals surface area (Å²) in [5, 5.41) is 2.68. The summed E-state index contributed by atoms with van der Waals surface area (Å²) in [6.07, 6.45) is 1.95. The molecule has 0 aromatic heterocycles. The molecule has 0 saturated heterocycles. The molecule has 6 heteroatoms. The summed E-state index contributed by atoms with van der Waals surface area (Å²) < 4.78 is 9.15. The second-order valence-electron chi connectivity index (χ2n) is 4.05. The first-order chi connectivity index (χ1) is 8.36. The third-order valence-corrected chi connectivity index (χ3v) is 1.95. The van der Waals surface area contributed by atoms with Crippen molar-refractivity contribution in [2.45, 2.75) is 26.8 Å². The third kappa shape index (κ3) is 7.43. The van der Waals surface area contributed by atoms with Crippen molar-refractivity contribution in [3.63, 3.8) is 0 Å². The minimum atomic E-state index is -0.661. The Morgan fingerprint density at radius 1 is 1.11 bits per heavy atom. The van der Waals surface area contributed by atoms with Crippen LogP contribution in [-0.4, -0.2) is 37.6 Å². The Balaban J connectivity index is 3.95. The number of hydrogen-bond donors (Lipinski definition) is 1. The lowest BCUT2D eigenvalue weighted by atomic mass is 10.2. The van der Waals surface area contributed by atoms with Crippen molar-refractivity contribution in [3.8, 4) is 0 Å². The number of carbonyl (C=O) groups excluding carboxylic acids is 3. The Labute approximate surface area is 106 Å². The maximum absolute atomic E-state index is 11.3. The second-order valence-corrected chi connectivity index (χ2v) is 4.05. The Morgan fingerprint density at radius 2 is 1.67 bits per heavy atom. The van der Waals surface area contributed by atoms with E-state index in [1.165, 1.54) is 7.11 Å². The van der Waals surface area contributed by atoms with Crippen LogP contribution in [0.3, 0.4) is 0 Å². The zero-order valence-corrected chi connectivity index (χ0v) is 11.1. The quantitative estimate of drug-likeness (QED) is 0.551. The van der Waals surface area contributed by atoms with E-state index in [1.54, 1.807) is 20.8 Å². The molecule has 0 bridgehead atoms. The highest BCUT2D eigenvalue weighted by Gasteiger charge is 2.11. The molecule has 1 atom stereocenters. The predicted octanol–water partition coefficient (Wildman–Crippen LogP) is 0.419. The fraction of sp³-hybridized carbons (Fsp3) is 0.583. The van der Waals surface area contributed by atoms with Gasteiger partial charge in [0.2, 0.25) is 5.91 Å². The number of carbonyl (C=O) groups is 3. The van der Waals surface area contributed by atoms with Gasteiger partial charge in [-0.15, -0.1) is 0 Å². The van der Waals surface area contributed by atoms with E-state index in [0.29, 0.717) is 0 Å². The third-order valence-electron chi connectivity index (χ3n) is 1.95. The standard InChI is InChI=1S/C12H19NO5/c1-8(2)12(16)13-9(3)7-18-11(15)6-5-10(14)17-4/h5-6,8-9H,7H2,1-4H3,(H,13,16)/t9-/m1/s1. The van der Waals surface area contributed by atoms with Crippen LogP contribution in [0.2, 0.25) is 0 Å². The topological polar surface area (TPSA) is 81.7 Å². The minimum absolute atomic E-state index is 0.0445. The van der Waals surface area contributed by atoms with E-state index < -0.39 is 11.9 Å². The normalized spacial score (nSPS) is 12.3. The maximum atomic E-state index is 11.3. The first-order valence-electron chi connectivity index (χ1n) is 5.60. The van der Waals surface area contributed by atoms with Gasteiger partial charge in [0.1, 0.15) is 6.61 Å². The molecule has 0 aliphatic rings. The van der Waals surface area contributed by atoms with Crippen LogP contribution in [-0.2, 0) is 23.9 Å². The minimum Gasteiger partial charge on any atom is -0.466 e. The number of amides is 1. The number of ether oxygens (including phenoxy) is 2. The van der Waals surface area contributed by atoms with Crippen LogP contribution in [0.15, 0.2) is 12.2 Å². The number of nitrogens with one attached hydrogen (secondary N) is 1. The van der Waals surface area contributed by atoms with Crippen molar-refractivity contribution < 1.29 is 23.9 Å². The van der Waals surface area contributed by atoms with Crippen molar-refractivity contribution in [1.82, 2.24) is 5.32 Å². The van der Waals surface area contributed by atoms with Crippen LogP contribution in [0.5, 0.6) is 0 Å². The Kier molecular flexibility index (Phi) is 7.42. The molecule has 0 aromatic rings. The van der Waals surface area contributed by atoms with Crippen LogP contribution in [0.25, 0.3) is 0 Å². The lowest BCUT2D eigenvalue weighted by Gasteiger charge is -2.15. The summed E-state index contributed by atoms with van der Waals surface area (Å²) in [6.45, 7) is 5.31. The number of methoxy groups -OCH3 is 1. The SMILES string of the molecule is COC(=O)C=CC(=O)OC[C@@H](C)NC(=O)C(C)C. The zero-order valence-electron chi connectivity index (χ0n) is 11.1. The van der Waals surface area contributed by atoms with Gasteiger partial charge in [0.25, 0.3) is 0 Å². The molecule has 1 amide bonds. The summed E-state index contributed by atoms with van der Waals surface area (Å²) in [7, 11) is 1.21. The fourth-order valence-electron chi connectivity index (χ4n) is 0.911. The summed E-state index contributed by atoms with van der Waals surface area (Å²) in [5.74, 6) is -1.52. The van der Waals surface area contributed by atoms with Gasteiger partial charge in [-0.25, -0.2) is 9.59 Å². The number of esters is 2. The predicted molar refractivity (Wildman–Crippen MR) is 64.6 cm³/mol. The number of rotatable bonds is 6. The molecule has 6 nitrogen and oxygen atoms in total. The van der Waals surface area contributed by atoms with Gasteiger partial charge in [-0.1, -0.05) is 13.8 Å². The van der Waals surface area contributed by atoms with Crippen LogP contribution in [0, 0.1) is 5.92 Å². The fourth-order valence-corrected chi connectivity index (χ4v) is 0.911. The molecule has 0 heterocycles. The van der Waals surface area contributed by atoms with Crippen molar-refractivity contribution in [1.29, 1.82) is 0 Å². The summed E-state index contributed by atoms with van der Waals surface area (Å²) in [4.78, 5) is 33.2. The van der Waals surface area contributed by atoms with E-state index >= 15 is 0 Å². The highest BCUT2D eigenvalue weighted by Crippen LogP contribution is 1.94. The van der Waals surface area contributed by atoms with Gasteiger partial charge >= 0.3 is 11.9 Å². The second kappa shape index (κ2) is 8.27. The zero-order chi connectivity index (χ0) is 14.1. The first kappa shape index (κ1) is 16.1. The molecule has 0 fully saturated rings. The average molecular weight is 257 g/mol. The number of hydrogen-bond acceptors (Lipinski definition) is 5. The molecule has 0 saturated carbocycles. The molecule has 0 rings (SSSR count). The lowest BCUT2D eigenvalue weighted by Crippen LogP contribution is -2.38. The molecule has 18 heavy (non-hydrogen) atoms. The van der Waals surface area contributed by atoms with Gasteiger partial charge < -0.3 is 14.8 Å². The summed E-state index contributed by atoms with van der Waals surface area (Å²) >= 11 is 0. The molecule has 1 N–H and O–H groups in total. The largest absolute Gasteiger partial charge is 0.466 e. The van der Waals surface area contributed by atoms with Crippen molar-refractivity contribution >= 4 is 17.8 Å². The van der Waals surface area contributed by atoms with Gasteiger partial charge in [-0.2, -0.15) is 0 Å². The van der Waals surface area contributed by atoms with E-state index in [-0.39, 0.29) is 24.5 Å². The first-order valence-corrected chi connectivity index (χ1v) is 5.60. The van der Waals surface area contributed by atoms with Crippen LogP contribution in [0.4, 0.5) is 0 Å². The highest BCUT2D eigenvalue weighted by atomic mass is 16.5. The van der Waals surface area contributed by atoms with Gasteiger partial charge in [-0.05, 0) is 6.92 Å². The summed E-state index contributed by atoms with van der Waals surface area (Å²) in [5.41, 5.74) is 0.